The van der Waals surface area contributed by atoms with Crippen LogP contribution in [0.2, 0.25) is 0 Å². The molecule has 20 heavy (non-hydrogen) atoms. The van der Waals surface area contributed by atoms with E-state index in [1.807, 2.05) is 42.8 Å². The highest BCUT2D eigenvalue weighted by Gasteiger charge is 2.25. The zero-order valence-electron chi connectivity index (χ0n) is 11.5. The molecule has 0 spiro atoms. The lowest BCUT2D eigenvalue weighted by atomic mass is 10.0. The number of rotatable bonds is 2. The fraction of sp³-hybridized carbons (Fsp3) is 0.200. The van der Waals surface area contributed by atoms with Gasteiger partial charge >= 0.3 is 5.97 Å². The third-order valence-electron chi connectivity index (χ3n) is 3.70. The van der Waals surface area contributed by atoms with Crippen molar-refractivity contribution in [1.29, 1.82) is 0 Å². The summed E-state index contributed by atoms with van der Waals surface area (Å²) in [6.07, 6.45) is 0. The molecule has 102 valence electrons. The summed E-state index contributed by atoms with van der Waals surface area (Å²) in [7, 11) is 1.95. The molecule has 0 bridgehead atoms. The molecule has 0 saturated heterocycles. The van der Waals surface area contributed by atoms with Crippen molar-refractivity contribution in [3.8, 4) is 11.3 Å². The molecule has 0 fully saturated rings. The number of hydrogen-bond donors (Lipinski definition) is 1. The summed E-state index contributed by atoms with van der Waals surface area (Å²) in [6.45, 7) is 3.58. The first kappa shape index (κ1) is 12.5. The Kier molecular flexibility index (Phi) is 2.64. The molecule has 1 N–H and O–H groups in total. The van der Waals surface area contributed by atoms with Gasteiger partial charge in [0.05, 0.1) is 5.69 Å². The van der Waals surface area contributed by atoms with E-state index in [2.05, 4.69) is 5.16 Å². The molecular formula is C15H14N2O3. The Morgan fingerprint density at radius 1 is 1.30 bits per heavy atom. The number of benzene rings is 1. The zero-order valence-corrected chi connectivity index (χ0v) is 11.5. The number of carboxylic acids is 1. The fourth-order valence-electron chi connectivity index (χ4n) is 2.60. The number of para-hydroxylation sites is 1. The summed E-state index contributed by atoms with van der Waals surface area (Å²) < 4.78 is 7.32. The van der Waals surface area contributed by atoms with E-state index in [0.717, 1.165) is 22.2 Å². The fourth-order valence-corrected chi connectivity index (χ4v) is 2.60. The smallest absolute Gasteiger partial charge is 0.341 e. The summed E-state index contributed by atoms with van der Waals surface area (Å²) in [6, 6.07) is 7.83. The summed E-state index contributed by atoms with van der Waals surface area (Å²) >= 11 is 0. The van der Waals surface area contributed by atoms with Crippen LogP contribution in [-0.4, -0.2) is 20.8 Å². The molecule has 2 aromatic heterocycles. The van der Waals surface area contributed by atoms with Gasteiger partial charge in [-0.2, -0.15) is 0 Å². The Hall–Kier alpha value is -2.56. The van der Waals surface area contributed by atoms with Crippen LogP contribution in [0.15, 0.2) is 28.8 Å². The summed E-state index contributed by atoms with van der Waals surface area (Å²) in [5.74, 6) is -0.699. The molecule has 0 aliphatic heterocycles. The van der Waals surface area contributed by atoms with Crippen molar-refractivity contribution >= 4 is 16.9 Å². The average molecular weight is 270 g/mol. The molecule has 0 unspecified atom stereocenters. The number of aromatic carboxylic acids is 1. The molecule has 5 heteroatoms. The van der Waals surface area contributed by atoms with Crippen molar-refractivity contribution < 1.29 is 14.4 Å². The largest absolute Gasteiger partial charge is 0.477 e. The standard InChI is InChI=1S/C15H14N2O3/c1-8-12(15(18)19)14(20-16-8)13-9(2)17(3)11-7-5-4-6-10(11)13/h4-7H,1-3H3,(H,18,19). The second-order valence-corrected chi connectivity index (χ2v) is 4.81. The maximum atomic E-state index is 11.4. The van der Waals surface area contributed by atoms with Gasteiger partial charge in [0, 0.05) is 29.2 Å². The molecule has 1 aromatic carbocycles. The second kappa shape index (κ2) is 4.23. The van der Waals surface area contributed by atoms with E-state index in [0.29, 0.717) is 11.5 Å². The highest BCUT2D eigenvalue weighted by molar-refractivity contribution is 6.03. The number of aryl methyl sites for hydroxylation is 2. The molecule has 0 radical (unpaired) electrons. The minimum absolute atomic E-state index is 0.129. The lowest BCUT2D eigenvalue weighted by molar-refractivity contribution is 0.0696. The van der Waals surface area contributed by atoms with Crippen LogP contribution < -0.4 is 0 Å². The normalized spacial score (nSPS) is 11.2. The van der Waals surface area contributed by atoms with E-state index in [1.165, 1.54) is 0 Å². The summed E-state index contributed by atoms with van der Waals surface area (Å²) in [5, 5.41) is 14.1. The SMILES string of the molecule is Cc1noc(-c2c(C)n(C)c3ccccc23)c1C(=O)O. The molecule has 0 aliphatic carbocycles. The first-order valence-corrected chi connectivity index (χ1v) is 6.26. The van der Waals surface area contributed by atoms with Gasteiger partial charge < -0.3 is 14.2 Å². The third kappa shape index (κ3) is 1.56. The van der Waals surface area contributed by atoms with Crippen LogP contribution in [0, 0.1) is 13.8 Å². The zero-order chi connectivity index (χ0) is 14.4. The molecule has 3 aromatic rings. The summed E-state index contributed by atoms with van der Waals surface area (Å²) in [4.78, 5) is 11.4. The van der Waals surface area contributed by atoms with Crippen LogP contribution in [0.3, 0.4) is 0 Å². The second-order valence-electron chi connectivity index (χ2n) is 4.81. The molecule has 5 nitrogen and oxygen atoms in total. The van der Waals surface area contributed by atoms with Gasteiger partial charge in [-0.15, -0.1) is 0 Å². The maximum absolute atomic E-state index is 11.4. The maximum Gasteiger partial charge on any atom is 0.341 e. The first-order valence-electron chi connectivity index (χ1n) is 6.26. The van der Waals surface area contributed by atoms with Gasteiger partial charge in [0.1, 0.15) is 5.56 Å². The van der Waals surface area contributed by atoms with Gasteiger partial charge in [-0.1, -0.05) is 23.4 Å². The van der Waals surface area contributed by atoms with Crippen LogP contribution in [0.25, 0.3) is 22.2 Å². The number of hydrogen-bond acceptors (Lipinski definition) is 3. The van der Waals surface area contributed by atoms with Gasteiger partial charge in [0.25, 0.3) is 0 Å². The van der Waals surface area contributed by atoms with E-state index < -0.39 is 5.97 Å². The Bertz CT molecular complexity index is 827. The van der Waals surface area contributed by atoms with Crippen LogP contribution in [0.4, 0.5) is 0 Å². The van der Waals surface area contributed by atoms with E-state index >= 15 is 0 Å². The number of carboxylic acid groups (broad SMARTS) is 1. The first-order chi connectivity index (χ1) is 9.52. The number of aromatic nitrogens is 2. The van der Waals surface area contributed by atoms with E-state index in [1.54, 1.807) is 6.92 Å². The third-order valence-corrected chi connectivity index (χ3v) is 3.70. The van der Waals surface area contributed by atoms with Gasteiger partial charge in [0.2, 0.25) is 0 Å². The monoisotopic (exact) mass is 270 g/mol. The average Bonchev–Trinajstić information content (AvgIpc) is 2.90. The molecule has 0 atom stereocenters. The molecule has 3 rings (SSSR count). The van der Waals surface area contributed by atoms with Gasteiger partial charge in [-0.05, 0) is 19.9 Å². The predicted octanol–water partition coefficient (Wildman–Crippen LogP) is 3.15. The predicted molar refractivity (Wildman–Crippen MR) is 74.8 cm³/mol. The highest BCUT2D eigenvalue weighted by Crippen LogP contribution is 2.36. The number of nitrogens with zero attached hydrogens (tertiary/aromatic N) is 2. The Balaban J connectivity index is 2.42. The van der Waals surface area contributed by atoms with Crippen molar-refractivity contribution in [3.05, 3.63) is 41.2 Å². The van der Waals surface area contributed by atoms with Crippen molar-refractivity contribution in [2.45, 2.75) is 13.8 Å². The molecule has 0 aliphatic rings. The van der Waals surface area contributed by atoms with Gasteiger partial charge in [-0.3, -0.25) is 0 Å². The molecule has 2 heterocycles. The van der Waals surface area contributed by atoms with E-state index in [-0.39, 0.29) is 5.56 Å². The number of carbonyl (C=O) groups is 1. The topological polar surface area (TPSA) is 68.3 Å². The quantitative estimate of drug-likeness (QED) is 0.776. The minimum Gasteiger partial charge on any atom is -0.477 e. The van der Waals surface area contributed by atoms with E-state index in [9.17, 15) is 9.90 Å². The van der Waals surface area contributed by atoms with E-state index in [4.69, 9.17) is 4.52 Å². The Labute approximate surface area is 115 Å². The molecular weight excluding hydrogens is 256 g/mol. The molecule has 0 amide bonds. The minimum atomic E-state index is -1.02. The van der Waals surface area contributed by atoms with Crippen molar-refractivity contribution in [3.63, 3.8) is 0 Å². The lowest BCUT2D eigenvalue weighted by Crippen LogP contribution is -1.99. The van der Waals surface area contributed by atoms with Crippen LogP contribution in [0.5, 0.6) is 0 Å². The van der Waals surface area contributed by atoms with Gasteiger partial charge in [0.15, 0.2) is 5.76 Å². The Morgan fingerprint density at radius 3 is 2.70 bits per heavy atom. The van der Waals surface area contributed by atoms with Crippen LogP contribution in [0.1, 0.15) is 21.7 Å². The van der Waals surface area contributed by atoms with Crippen LogP contribution in [-0.2, 0) is 7.05 Å². The molecule has 0 saturated carbocycles. The Morgan fingerprint density at radius 2 is 2.00 bits per heavy atom. The van der Waals surface area contributed by atoms with Crippen molar-refractivity contribution in [1.82, 2.24) is 9.72 Å². The van der Waals surface area contributed by atoms with Crippen LogP contribution >= 0.6 is 0 Å². The van der Waals surface area contributed by atoms with Gasteiger partial charge in [-0.25, -0.2) is 4.79 Å². The van der Waals surface area contributed by atoms with Crippen molar-refractivity contribution in [2.75, 3.05) is 0 Å². The number of fused-ring (bicyclic) bond motifs is 1. The van der Waals surface area contributed by atoms with Crippen molar-refractivity contribution in [2.24, 2.45) is 7.05 Å². The highest BCUT2D eigenvalue weighted by atomic mass is 16.5. The summed E-state index contributed by atoms with van der Waals surface area (Å²) in [5.41, 5.74) is 3.29. The lowest BCUT2D eigenvalue weighted by Gasteiger charge is -2.00.